The molecule has 6 nitrogen and oxygen atoms in total. The largest absolute Gasteiger partial charge is 0.394 e. The van der Waals surface area contributed by atoms with Crippen LogP contribution in [0.2, 0.25) is 0 Å². The van der Waals surface area contributed by atoms with Crippen LogP contribution in [0.15, 0.2) is 0 Å². The molecule has 5 atom stereocenters. The van der Waals surface area contributed by atoms with Gasteiger partial charge >= 0.3 is 0 Å². The van der Waals surface area contributed by atoms with Gasteiger partial charge in [-0.25, -0.2) is 0 Å². The highest BCUT2D eigenvalue weighted by molar-refractivity contribution is 4.87. The molecular weight excluding hydrogens is 168 g/mol. The minimum absolute atomic E-state index is 0.526. The topological polar surface area (TPSA) is 110 Å². The molecule has 1 aliphatic rings. The third-order valence-corrected chi connectivity index (χ3v) is 1.87. The lowest BCUT2D eigenvalue weighted by atomic mass is 10.00. The van der Waals surface area contributed by atoms with Crippen molar-refractivity contribution in [3.05, 3.63) is 0 Å². The van der Waals surface area contributed by atoms with Crippen molar-refractivity contribution in [3.8, 4) is 0 Å². The Morgan fingerprint density at radius 1 is 0.917 bits per heavy atom. The van der Waals surface area contributed by atoms with Crippen LogP contribution in [0.5, 0.6) is 0 Å². The molecule has 0 aromatic rings. The highest BCUT2D eigenvalue weighted by Crippen LogP contribution is 2.18. The Hall–Kier alpha value is -0.240. The molecule has 0 bridgehead atoms. The zero-order valence-corrected chi connectivity index (χ0v) is 6.24. The molecule has 1 fully saturated rings. The summed E-state index contributed by atoms with van der Waals surface area (Å²) in [6.45, 7) is -0.526. The average molecular weight is 180 g/mol. The van der Waals surface area contributed by atoms with Crippen LogP contribution in [0.4, 0.5) is 0 Å². The number of aliphatic hydroxyl groups excluding tert-OH is 5. The summed E-state index contributed by atoms with van der Waals surface area (Å²) in [5.41, 5.74) is 0. The van der Waals surface area contributed by atoms with E-state index in [-0.39, 0.29) is 0 Å². The normalized spacial score (nSPS) is 49.2. The Bertz CT molecular complexity index is 146. The third kappa shape index (κ3) is 1.58. The molecule has 0 radical (unpaired) electrons. The van der Waals surface area contributed by atoms with Crippen LogP contribution in [-0.2, 0) is 4.74 Å². The van der Waals surface area contributed by atoms with E-state index in [4.69, 9.17) is 25.5 Å². The van der Waals surface area contributed by atoms with Crippen molar-refractivity contribution in [1.82, 2.24) is 0 Å². The Morgan fingerprint density at radius 2 is 1.50 bits per heavy atom. The van der Waals surface area contributed by atoms with Gasteiger partial charge in [0.2, 0.25) is 0 Å². The fraction of sp³-hybridized carbons (Fsp3) is 1.00. The quantitative estimate of drug-likeness (QED) is 0.290. The van der Waals surface area contributed by atoms with Crippen LogP contribution >= 0.6 is 0 Å². The summed E-state index contributed by atoms with van der Waals surface area (Å²) in [5.74, 6) is 0. The van der Waals surface area contributed by atoms with Gasteiger partial charge in [0.15, 0.2) is 6.29 Å². The molecule has 0 unspecified atom stereocenters. The molecule has 0 amide bonds. The monoisotopic (exact) mass is 180 g/mol. The van der Waals surface area contributed by atoms with Crippen LogP contribution in [0.1, 0.15) is 0 Å². The summed E-state index contributed by atoms with van der Waals surface area (Å²) < 4.78 is 4.58. The standard InChI is InChI=1S/C6H12O6/c7-1-2-3(8)4(9)5(10)6(11)12-2/h2-11H,1H2/t2-,3+,4-,5-,6+/m0/s1. The molecule has 1 aliphatic heterocycles. The highest BCUT2D eigenvalue weighted by atomic mass is 16.6. The molecular formula is C6H12O6. The minimum atomic E-state index is -1.57. The Morgan fingerprint density at radius 3 is 2.00 bits per heavy atom. The molecule has 0 spiro atoms. The summed E-state index contributed by atoms with van der Waals surface area (Å²) in [7, 11) is 0. The molecule has 1 rings (SSSR count). The van der Waals surface area contributed by atoms with Gasteiger partial charge in [0.1, 0.15) is 24.4 Å². The van der Waals surface area contributed by atoms with Gasteiger partial charge in [0.05, 0.1) is 6.61 Å². The van der Waals surface area contributed by atoms with Crippen LogP contribution < -0.4 is 0 Å². The lowest BCUT2D eigenvalue weighted by Gasteiger charge is -2.37. The van der Waals surface area contributed by atoms with Crippen molar-refractivity contribution in [2.75, 3.05) is 6.61 Å². The van der Waals surface area contributed by atoms with Crippen molar-refractivity contribution < 1.29 is 30.3 Å². The zero-order valence-electron chi connectivity index (χ0n) is 6.24. The number of ether oxygens (including phenoxy) is 1. The van der Waals surface area contributed by atoms with Crippen LogP contribution in [0, 0.1) is 0 Å². The number of aliphatic hydroxyl groups is 5. The van der Waals surface area contributed by atoms with E-state index in [0.29, 0.717) is 0 Å². The fourth-order valence-corrected chi connectivity index (χ4v) is 1.08. The maximum Gasteiger partial charge on any atom is 0.184 e. The Kier molecular flexibility index (Phi) is 2.99. The molecule has 0 aromatic carbocycles. The van der Waals surface area contributed by atoms with Crippen molar-refractivity contribution in [2.24, 2.45) is 0 Å². The van der Waals surface area contributed by atoms with E-state index in [0.717, 1.165) is 0 Å². The molecule has 0 saturated carbocycles. The van der Waals surface area contributed by atoms with Crippen LogP contribution in [-0.4, -0.2) is 62.8 Å². The zero-order chi connectivity index (χ0) is 9.30. The smallest absolute Gasteiger partial charge is 0.184 e. The molecule has 1 heterocycles. The van der Waals surface area contributed by atoms with E-state index in [2.05, 4.69) is 4.74 Å². The molecule has 5 N–H and O–H groups in total. The molecule has 1 saturated heterocycles. The van der Waals surface area contributed by atoms with Gasteiger partial charge in [-0.3, -0.25) is 0 Å². The van der Waals surface area contributed by atoms with Crippen LogP contribution in [0.3, 0.4) is 0 Å². The number of rotatable bonds is 1. The van der Waals surface area contributed by atoms with Crippen molar-refractivity contribution in [1.29, 1.82) is 0 Å². The SMILES string of the molecule is OC[C@@H]1O[C@@H](O)[C@@H](O)[C@@H](O)[C@@H]1O. The van der Waals surface area contributed by atoms with Gasteiger partial charge in [0.25, 0.3) is 0 Å². The van der Waals surface area contributed by atoms with E-state index in [1.54, 1.807) is 0 Å². The maximum atomic E-state index is 9.12. The van der Waals surface area contributed by atoms with Crippen molar-refractivity contribution in [3.63, 3.8) is 0 Å². The number of hydrogen-bond acceptors (Lipinski definition) is 6. The van der Waals surface area contributed by atoms with E-state index >= 15 is 0 Å². The molecule has 72 valence electrons. The van der Waals surface area contributed by atoms with Gasteiger partial charge in [-0.1, -0.05) is 0 Å². The predicted molar refractivity (Wildman–Crippen MR) is 36.0 cm³/mol. The first kappa shape index (κ1) is 9.85. The second-order valence-corrected chi connectivity index (χ2v) is 2.72. The first-order valence-electron chi connectivity index (χ1n) is 3.56. The minimum Gasteiger partial charge on any atom is -0.394 e. The highest BCUT2D eigenvalue weighted by Gasteiger charge is 2.42. The Labute approximate surface area is 68.6 Å². The first-order chi connectivity index (χ1) is 5.57. The molecule has 0 aromatic heterocycles. The molecule has 0 aliphatic carbocycles. The number of hydrogen-bond donors (Lipinski definition) is 5. The van der Waals surface area contributed by atoms with Crippen molar-refractivity contribution >= 4 is 0 Å². The molecule has 6 heteroatoms. The Balaban J connectivity index is 2.63. The summed E-state index contributed by atoms with van der Waals surface area (Å²) in [6, 6.07) is 0. The average Bonchev–Trinajstić information content (AvgIpc) is 2.08. The second kappa shape index (κ2) is 3.65. The summed E-state index contributed by atoms with van der Waals surface area (Å²) in [6.07, 6.45) is -7.04. The van der Waals surface area contributed by atoms with Gasteiger partial charge < -0.3 is 30.3 Å². The third-order valence-electron chi connectivity index (χ3n) is 1.87. The predicted octanol–water partition coefficient (Wildman–Crippen LogP) is -3.22. The summed E-state index contributed by atoms with van der Waals surface area (Å²) in [5, 5.41) is 44.7. The van der Waals surface area contributed by atoms with Gasteiger partial charge in [-0.15, -0.1) is 0 Å². The summed E-state index contributed by atoms with van der Waals surface area (Å²) in [4.78, 5) is 0. The molecule has 12 heavy (non-hydrogen) atoms. The van der Waals surface area contributed by atoms with Crippen LogP contribution in [0.25, 0.3) is 0 Å². The van der Waals surface area contributed by atoms with Gasteiger partial charge in [0, 0.05) is 0 Å². The van der Waals surface area contributed by atoms with E-state index < -0.39 is 37.3 Å². The van der Waals surface area contributed by atoms with Crippen molar-refractivity contribution in [2.45, 2.75) is 30.7 Å². The van der Waals surface area contributed by atoms with Gasteiger partial charge in [-0.2, -0.15) is 0 Å². The van der Waals surface area contributed by atoms with E-state index in [9.17, 15) is 0 Å². The fourth-order valence-electron chi connectivity index (χ4n) is 1.08. The summed E-state index contributed by atoms with van der Waals surface area (Å²) >= 11 is 0. The lowest BCUT2D eigenvalue weighted by Crippen LogP contribution is -2.58. The first-order valence-corrected chi connectivity index (χ1v) is 3.56. The van der Waals surface area contributed by atoms with E-state index in [1.807, 2.05) is 0 Å². The lowest BCUT2D eigenvalue weighted by molar-refractivity contribution is -0.286. The van der Waals surface area contributed by atoms with Gasteiger partial charge in [-0.05, 0) is 0 Å². The second-order valence-electron chi connectivity index (χ2n) is 2.72. The maximum absolute atomic E-state index is 9.12. The van der Waals surface area contributed by atoms with E-state index in [1.165, 1.54) is 0 Å².